The summed E-state index contributed by atoms with van der Waals surface area (Å²) in [6.45, 7) is 0.755. The smallest absolute Gasteiger partial charge is 0.187 e. The molecule has 2 rings (SSSR count). The Balaban J connectivity index is 2.56. The highest BCUT2D eigenvalue weighted by atomic mass is 16.8. The highest BCUT2D eigenvalue weighted by molar-refractivity contribution is 4.97. The summed E-state index contributed by atoms with van der Waals surface area (Å²) in [5.74, 6) is 0. The molecule has 0 unspecified atom stereocenters. The van der Waals surface area contributed by atoms with Crippen LogP contribution in [-0.2, 0) is 75.8 Å². The van der Waals surface area contributed by atoms with E-state index in [-0.39, 0.29) is 26.4 Å². The van der Waals surface area contributed by atoms with Gasteiger partial charge in [-0.15, -0.1) is 0 Å². The summed E-state index contributed by atoms with van der Waals surface area (Å²) in [5.41, 5.74) is 0. The number of ether oxygens (including phenoxy) is 16. The average molecular weight is 675 g/mol. The Labute approximate surface area is 273 Å². The Morgan fingerprint density at radius 2 is 0.870 bits per heavy atom. The molecule has 0 spiro atoms. The van der Waals surface area contributed by atoms with E-state index in [0.717, 1.165) is 0 Å². The third kappa shape index (κ3) is 10.2. The molecule has 0 bridgehead atoms. The molecule has 0 saturated carbocycles. The average Bonchev–Trinajstić information content (AvgIpc) is 3.06. The van der Waals surface area contributed by atoms with E-state index in [1.807, 2.05) is 0 Å². The van der Waals surface area contributed by atoms with Crippen molar-refractivity contribution in [2.75, 3.05) is 112 Å². The lowest BCUT2D eigenvalue weighted by Crippen LogP contribution is -2.66. The highest BCUT2D eigenvalue weighted by Crippen LogP contribution is 2.35. The second-order valence-corrected chi connectivity index (χ2v) is 10.9. The molecular weight excluding hydrogens is 616 g/mol. The molecule has 2 saturated heterocycles. The Bertz CT molecular complexity index is 781. The van der Waals surface area contributed by atoms with E-state index in [1.165, 1.54) is 0 Å². The summed E-state index contributed by atoms with van der Waals surface area (Å²) >= 11 is 0. The molecule has 0 radical (unpaired) electrons. The fraction of sp³-hybridized carbons (Fsp3) is 1.00. The lowest BCUT2D eigenvalue weighted by Gasteiger charge is -2.50. The quantitative estimate of drug-likeness (QED) is 0.142. The summed E-state index contributed by atoms with van der Waals surface area (Å²) in [5, 5.41) is 0. The predicted octanol–water partition coefficient (Wildman–Crippen LogP) is -0.0878. The van der Waals surface area contributed by atoms with E-state index in [0.29, 0.717) is 0 Å². The summed E-state index contributed by atoms with van der Waals surface area (Å²) < 4.78 is 94.9. The second-order valence-electron chi connectivity index (χ2n) is 10.9. The number of methoxy groups -OCH3 is 12. The van der Waals surface area contributed by atoms with Gasteiger partial charge in [0.2, 0.25) is 0 Å². The van der Waals surface area contributed by atoms with Gasteiger partial charge in [-0.2, -0.15) is 0 Å². The van der Waals surface area contributed by atoms with Crippen molar-refractivity contribution in [3.8, 4) is 0 Å². The molecule has 0 aromatic heterocycles. The SMILES string of the molecule is COC[C@H](O[C@@H]1O[C@H](COC)[C@@H](OC)[C@H](OC)[C@H]1O[C@@H]1O[C@H](COC)[C@@H](OC)[C@H](OC)[C@H]1OC)[C@@H](OC)[C@H](OC)[C@@H](COC)OC. The van der Waals surface area contributed by atoms with Gasteiger partial charge in [0.15, 0.2) is 12.6 Å². The van der Waals surface area contributed by atoms with Gasteiger partial charge in [-0.1, -0.05) is 0 Å². The molecule has 46 heavy (non-hydrogen) atoms. The maximum atomic E-state index is 6.71. The zero-order valence-corrected chi connectivity index (χ0v) is 29.4. The van der Waals surface area contributed by atoms with Gasteiger partial charge in [-0.3, -0.25) is 0 Å². The Hall–Kier alpha value is -0.640. The van der Waals surface area contributed by atoms with Gasteiger partial charge in [-0.05, 0) is 0 Å². The normalized spacial score (nSPS) is 34.7. The zero-order valence-electron chi connectivity index (χ0n) is 29.4. The molecule has 2 heterocycles. The zero-order chi connectivity index (χ0) is 34.2. The molecule has 0 N–H and O–H groups in total. The molecule has 2 aliphatic rings. The minimum absolute atomic E-state index is 0.104. The monoisotopic (exact) mass is 674 g/mol. The van der Waals surface area contributed by atoms with Crippen molar-refractivity contribution in [2.24, 2.45) is 0 Å². The molecule has 274 valence electrons. The van der Waals surface area contributed by atoms with Crippen molar-refractivity contribution in [1.82, 2.24) is 0 Å². The first-order valence-electron chi connectivity index (χ1n) is 15.1. The van der Waals surface area contributed by atoms with Gasteiger partial charge in [0.1, 0.15) is 73.2 Å². The van der Waals surface area contributed by atoms with E-state index in [2.05, 4.69) is 0 Å². The molecule has 2 fully saturated rings. The van der Waals surface area contributed by atoms with E-state index in [4.69, 9.17) is 75.8 Å². The predicted molar refractivity (Wildman–Crippen MR) is 161 cm³/mol. The first-order valence-corrected chi connectivity index (χ1v) is 15.1. The molecule has 16 nitrogen and oxygen atoms in total. The first-order chi connectivity index (χ1) is 22.3. The van der Waals surface area contributed by atoms with E-state index in [1.54, 1.807) is 85.3 Å². The van der Waals surface area contributed by atoms with Crippen LogP contribution in [0.3, 0.4) is 0 Å². The van der Waals surface area contributed by atoms with E-state index < -0.39 is 85.8 Å². The highest BCUT2D eigenvalue weighted by Gasteiger charge is 2.54. The Kier molecular flexibility index (Phi) is 20.0. The van der Waals surface area contributed by atoms with Crippen LogP contribution in [0.15, 0.2) is 0 Å². The minimum atomic E-state index is -1.07. The summed E-state index contributed by atoms with van der Waals surface area (Å²) in [6.07, 6.45) is -9.76. The topological polar surface area (TPSA) is 148 Å². The van der Waals surface area contributed by atoms with E-state index in [9.17, 15) is 0 Å². The fourth-order valence-electron chi connectivity index (χ4n) is 6.23. The molecule has 16 heteroatoms. The lowest BCUT2D eigenvalue weighted by atomic mass is 9.96. The van der Waals surface area contributed by atoms with Crippen LogP contribution < -0.4 is 0 Å². The van der Waals surface area contributed by atoms with Gasteiger partial charge in [-0.25, -0.2) is 0 Å². The van der Waals surface area contributed by atoms with Gasteiger partial charge in [0, 0.05) is 85.3 Å². The number of hydrogen-bond donors (Lipinski definition) is 0. The minimum Gasteiger partial charge on any atom is -0.382 e. The van der Waals surface area contributed by atoms with Crippen molar-refractivity contribution in [3.63, 3.8) is 0 Å². The third-order valence-electron chi connectivity index (χ3n) is 8.37. The van der Waals surface area contributed by atoms with Crippen LogP contribution in [0.5, 0.6) is 0 Å². The van der Waals surface area contributed by atoms with Crippen molar-refractivity contribution in [1.29, 1.82) is 0 Å². The van der Waals surface area contributed by atoms with E-state index >= 15 is 0 Å². The third-order valence-corrected chi connectivity index (χ3v) is 8.37. The van der Waals surface area contributed by atoms with Crippen LogP contribution in [0.25, 0.3) is 0 Å². The number of rotatable bonds is 23. The summed E-state index contributed by atoms with van der Waals surface area (Å²) in [6, 6.07) is 0. The lowest BCUT2D eigenvalue weighted by molar-refractivity contribution is -0.382. The maximum Gasteiger partial charge on any atom is 0.187 e. The van der Waals surface area contributed by atoms with Crippen LogP contribution >= 0.6 is 0 Å². The largest absolute Gasteiger partial charge is 0.382 e. The van der Waals surface area contributed by atoms with Crippen LogP contribution in [0.2, 0.25) is 0 Å². The number of hydrogen-bond acceptors (Lipinski definition) is 16. The van der Waals surface area contributed by atoms with Crippen LogP contribution in [0.1, 0.15) is 0 Å². The van der Waals surface area contributed by atoms with Crippen LogP contribution in [-0.4, -0.2) is 198 Å². The maximum absolute atomic E-state index is 6.71. The first kappa shape index (κ1) is 41.5. The van der Waals surface area contributed by atoms with Crippen molar-refractivity contribution < 1.29 is 75.8 Å². The van der Waals surface area contributed by atoms with Gasteiger partial charge in [0.05, 0.1) is 26.4 Å². The molecule has 14 atom stereocenters. The van der Waals surface area contributed by atoms with Gasteiger partial charge in [0.25, 0.3) is 0 Å². The second kappa shape index (κ2) is 22.2. The van der Waals surface area contributed by atoms with Crippen molar-refractivity contribution >= 4 is 0 Å². The molecule has 0 amide bonds. The van der Waals surface area contributed by atoms with Gasteiger partial charge < -0.3 is 75.8 Å². The van der Waals surface area contributed by atoms with Crippen LogP contribution in [0, 0.1) is 0 Å². The molecular formula is C30H58O16. The standard InChI is InChI=1S/C30H58O16/c1-31-13-17(35-5)21(36-6)22(37-7)18(14-32-2)44-30-28(26(41-11)24(39-9)20(45-30)16-34-4)46-29-27(42-12)25(40-10)23(38-8)19(43-29)15-33-3/h17-30H,13-16H2,1-12H3/t17-,18+,19-,20-,21-,22-,23-,24-,25+,26+,27-,28-,29+,30-/m1/s1. The molecule has 0 aliphatic carbocycles. The summed E-state index contributed by atoms with van der Waals surface area (Å²) in [4.78, 5) is 0. The Morgan fingerprint density at radius 1 is 0.435 bits per heavy atom. The Morgan fingerprint density at radius 3 is 1.28 bits per heavy atom. The van der Waals surface area contributed by atoms with Gasteiger partial charge >= 0.3 is 0 Å². The van der Waals surface area contributed by atoms with Crippen molar-refractivity contribution in [3.05, 3.63) is 0 Å². The summed E-state index contributed by atoms with van der Waals surface area (Å²) in [7, 11) is 18.8. The fourth-order valence-corrected chi connectivity index (χ4v) is 6.23. The molecule has 2 aliphatic heterocycles. The molecule has 0 aromatic rings. The van der Waals surface area contributed by atoms with Crippen LogP contribution in [0.4, 0.5) is 0 Å². The molecule has 0 aromatic carbocycles. The van der Waals surface area contributed by atoms with Crippen molar-refractivity contribution in [2.45, 2.75) is 85.8 Å².